The summed E-state index contributed by atoms with van der Waals surface area (Å²) in [7, 11) is 0. The van der Waals surface area contributed by atoms with Crippen LogP contribution in [0, 0.1) is 5.92 Å². The van der Waals surface area contributed by atoms with E-state index < -0.39 is 0 Å². The summed E-state index contributed by atoms with van der Waals surface area (Å²) in [6.45, 7) is 4.89. The van der Waals surface area contributed by atoms with Crippen molar-refractivity contribution in [2.45, 2.75) is 32.1 Å². The maximum Gasteiger partial charge on any atom is 0.253 e. The molecule has 4 heteroatoms. The first-order chi connectivity index (χ1) is 10.7. The number of rotatable bonds is 3. The molecule has 3 nitrogen and oxygen atoms in total. The van der Waals surface area contributed by atoms with E-state index in [9.17, 15) is 4.79 Å². The van der Waals surface area contributed by atoms with Gasteiger partial charge in [0.2, 0.25) is 0 Å². The molecule has 1 heterocycles. The Morgan fingerprint density at radius 3 is 2.50 bits per heavy atom. The molecule has 2 aliphatic rings. The molecule has 1 aliphatic carbocycles. The van der Waals surface area contributed by atoms with Crippen LogP contribution >= 0.6 is 11.6 Å². The predicted octanol–water partition coefficient (Wildman–Crippen LogP) is 3.68. The first-order valence-electron chi connectivity index (χ1n) is 8.49. The summed E-state index contributed by atoms with van der Waals surface area (Å²) in [6, 6.07) is 7.26. The van der Waals surface area contributed by atoms with E-state index in [1.807, 2.05) is 17.0 Å². The lowest BCUT2D eigenvalue weighted by molar-refractivity contribution is 0.0606. The number of hydrogen-bond acceptors (Lipinski definition) is 2. The lowest BCUT2D eigenvalue weighted by Crippen LogP contribution is -2.49. The standard InChI is InChI=1S/C18H25ClN2O/c19-17-8-4-7-16(13-17)18(22)21-11-9-20(10-12-21)14-15-5-2-1-3-6-15/h4,7-8,13,15H,1-3,5-6,9-12,14H2. The van der Waals surface area contributed by atoms with E-state index in [2.05, 4.69) is 4.90 Å². The molecule has 1 saturated heterocycles. The van der Waals surface area contributed by atoms with Crippen molar-refractivity contribution in [3.05, 3.63) is 34.9 Å². The maximum atomic E-state index is 12.5. The monoisotopic (exact) mass is 320 g/mol. The highest BCUT2D eigenvalue weighted by molar-refractivity contribution is 6.30. The fourth-order valence-electron chi connectivity index (χ4n) is 3.67. The van der Waals surface area contributed by atoms with E-state index >= 15 is 0 Å². The highest BCUT2D eigenvalue weighted by Gasteiger charge is 2.24. The van der Waals surface area contributed by atoms with Crippen molar-refractivity contribution in [2.24, 2.45) is 5.92 Å². The molecule has 0 atom stereocenters. The van der Waals surface area contributed by atoms with Gasteiger partial charge in [0.1, 0.15) is 0 Å². The van der Waals surface area contributed by atoms with Crippen LogP contribution < -0.4 is 0 Å². The smallest absolute Gasteiger partial charge is 0.253 e. The largest absolute Gasteiger partial charge is 0.336 e. The molecular weight excluding hydrogens is 296 g/mol. The number of piperazine rings is 1. The molecule has 3 rings (SSSR count). The molecule has 1 aromatic rings. The van der Waals surface area contributed by atoms with Crippen LogP contribution in [0.4, 0.5) is 0 Å². The SMILES string of the molecule is O=C(c1cccc(Cl)c1)N1CCN(CC2CCCCC2)CC1. The van der Waals surface area contributed by atoms with E-state index in [1.54, 1.807) is 12.1 Å². The van der Waals surface area contributed by atoms with E-state index in [4.69, 9.17) is 11.6 Å². The quantitative estimate of drug-likeness (QED) is 0.848. The van der Waals surface area contributed by atoms with Crippen molar-refractivity contribution in [3.63, 3.8) is 0 Å². The van der Waals surface area contributed by atoms with Crippen molar-refractivity contribution >= 4 is 17.5 Å². The molecule has 2 fully saturated rings. The number of carbonyl (C=O) groups is 1. The lowest BCUT2D eigenvalue weighted by Gasteiger charge is -2.37. The van der Waals surface area contributed by atoms with Crippen LogP contribution in [0.2, 0.25) is 5.02 Å². The van der Waals surface area contributed by atoms with E-state index in [0.717, 1.165) is 32.1 Å². The summed E-state index contributed by atoms with van der Waals surface area (Å²) in [5.74, 6) is 0.990. The molecule has 0 spiro atoms. The second-order valence-corrected chi connectivity index (χ2v) is 7.04. The Morgan fingerprint density at radius 1 is 1.09 bits per heavy atom. The zero-order chi connectivity index (χ0) is 15.4. The van der Waals surface area contributed by atoms with Crippen LogP contribution in [0.1, 0.15) is 42.5 Å². The predicted molar refractivity (Wildman–Crippen MR) is 90.4 cm³/mol. The second-order valence-electron chi connectivity index (χ2n) is 6.61. The summed E-state index contributed by atoms with van der Waals surface area (Å²) in [4.78, 5) is 17.0. The Labute approximate surface area is 138 Å². The molecule has 22 heavy (non-hydrogen) atoms. The topological polar surface area (TPSA) is 23.6 Å². The van der Waals surface area contributed by atoms with Crippen molar-refractivity contribution in [3.8, 4) is 0 Å². The fourth-order valence-corrected chi connectivity index (χ4v) is 3.86. The maximum absolute atomic E-state index is 12.5. The van der Waals surface area contributed by atoms with E-state index in [0.29, 0.717) is 10.6 Å². The third-order valence-corrected chi connectivity index (χ3v) is 5.21. The summed E-state index contributed by atoms with van der Waals surface area (Å²) in [5.41, 5.74) is 0.702. The lowest BCUT2D eigenvalue weighted by atomic mass is 9.89. The van der Waals surface area contributed by atoms with Crippen LogP contribution in [0.3, 0.4) is 0 Å². The number of hydrogen-bond donors (Lipinski definition) is 0. The Morgan fingerprint density at radius 2 is 1.82 bits per heavy atom. The molecule has 120 valence electrons. The van der Waals surface area contributed by atoms with Crippen LogP contribution in [0.15, 0.2) is 24.3 Å². The van der Waals surface area contributed by atoms with E-state index in [-0.39, 0.29) is 5.91 Å². The Bertz CT molecular complexity index is 506. The number of halogens is 1. The molecule has 0 aromatic heterocycles. The summed E-state index contributed by atoms with van der Waals surface area (Å²) >= 11 is 5.98. The molecular formula is C18H25ClN2O. The number of amides is 1. The molecule has 0 unspecified atom stereocenters. The van der Waals surface area contributed by atoms with Crippen molar-refractivity contribution in [2.75, 3.05) is 32.7 Å². The van der Waals surface area contributed by atoms with Gasteiger partial charge < -0.3 is 4.90 Å². The average Bonchev–Trinajstić information content (AvgIpc) is 2.56. The zero-order valence-corrected chi connectivity index (χ0v) is 13.9. The van der Waals surface area contributed by atoms with Crippen molar-refractivity contribution in [1.82, 2.24) is 9.80 Å². The van der Waals surface area contributed by atoms with Crippen LogP contribution in [-0.4, -0.2) is 48.4 Å². The highest BCUT2D eigenvalue weighted by Crippen LogP contribution is 2.25. The minimum atomic E-state index is 0.111. The molecule has 0 bridgehead atoms. The minimum Gasteiger partial charge on any atom is -0.336 e. The molecule has 0 N–H and O–H groups in total. The Balaban J connectivity index is 1.49. The van der Waals surface area contributed by atoms with Crippen LogP contribution in [-0.2, 0) is 0 Å². The van der Waals surface area contributed by atoms with Crippen LogP contribution in [0.5, 0.6) is 0 Å². The van der Waals surface area contributed by atoms with Gasteiger partial charge in [0.15, 0.2) is 0 Å². The van der Waals surface area contributed by atoms with Crippen molar-refractivity contribution in [1.29, 1.82) is 0 Å². The molecule has 0 radical (unpaired) electrons. The number of benzene rings is 1. The van der Waals surface area contributed by atoms with Gasteiger partial charge in [-0.2, -0.15) is 0 Å². The average molecular weight is 321 g/mol. The van der Waals surface area contributed by atoms with Gasteiger partial charge in [-0.3, -0.25) is 9.69 Å². The van der Waals surface area contributed by atoms with Gasteiger partial charge in [-0.1, -0.05) is 36.9 Å². The second kappa shape index (κ2) is 7.47. The normalized spacial score (nSPS) is 21.0. The first-order valence-corrected chi connectivity index (χ1v) is 8.87. The third-order valence-electron chi connectivity index (χ3n) is 4.97. The molecule has 1 amide bonds. The summed E-state index contributed by atoms with van der Waals surface area (Å²) in [6.07, 6.45) is 7.00. The van der Waals surface area contributed by atoms with Gasteiger partial charge >= 0.3 is 0 Å². The van der Waals surface area contributed by atoms with Gasteiger partial charge in [-0.15, -0.1) is 0 Å². The molecule has 1 saturated carbocycles. The fraction of sp³-hybridized carbons (Fsp3) is 0.611. The molecule has 1 aliphatic heterocycles. The minimum absolute atomic E-state index is 0.111. The zero-order valence-electron chi connectivity index (χ0n) is 13.1. The van der Waals surface area contributed by atoms with Crippen LogP contribution in [0.25, 0.3) is 0 Å². The van der Waals surface area contributed by atoms with Gasteiger partial charge in [-0.05, 0) is 37.0 Å². The number of nitrogens with zero attached hydrogens (tertiary/aromatic N) is 2. The van der Waals surface area contributed by atoms with E-state index in [1.165, 1.54) is 38.6 Å². The van der Waals surface area contributed by atoms with Gasteiger partial charge in [0.05, 0.1) is 0 Å². The van der Waals surface area contributed by atoms with Gasteiger partial charge in [0.25, 0.3) is 5.91 Å². The summed E-state index contributed by atoms with van der Waals surface area (Å²) < 4.78 is 0. The Hall–Kier alpha value is -1.06. The summed E-state index contributed by atoms with van der Waals surface area (Å²) in [5, 5.41) is 0.627. The number of carbonyl (C=O) groups excluding carboxylic acids is 1. The van der Waals surface area contributed by atoms with Gasteiger partial charge in [-0.25, -0.2) is 0 Å². The Kier molecular flexibility index (Phi) is 5.37. The van der Waals surface area contributed by atoms with Gasteiger partial charge in [0, 0.05) is 43.3 Å². The first kappa shape index (κ1) is 15.8. The highest BCUT2D eigenvalue weighted by atomic mass is 35.5. The molecule has 1 aromatic carbocycles. The van der Waals surface area contributed by atoms with Crippen molar-refractivity contribution < 1.29 is 4.79 Å². The third kappa shape index (κ3) is 4.02.